The molecule has 0 radical (unpaired) electrons. The lowest BCUT2D eigenvalue weighted by molar-refractivity contribution is -0.137. The predicted molar refractivity (Wildman–Crippen MR) is 74.0 cm³/mol. The molecule has 1 aliphatic rings. The van der Waals surface area contributed by atoms with Gasteiger partial charge in [0.05, 0.1) is 5.56 Å². The third-order valence-corrected chi connectivity index (χ3v) is 3.69. The van der Waals surface area contributed by atoms with Gasteiger partial charge < -0.3 is 10.2 Å². The molecule has 1 amide bonds. The average Bonchev–Trinajstić information content (AvgIpc) is 2.46. The van der Waals surface area contributed by atoms with Crippen LogP contribution in [0.1, 0.15) is 35.2 Å². The number of halogens is 3. The Balaban J connectivity index is 2.04. The SMILES string of the molecule is CN(CC1CCCCN1)C(=O)c1cccc(C(F)(F)F)c1. The number of carbonyl (C=O) groups is 1. The van der Waals surface area contributed by atoms with Crippen LogP contribution >= 0.6 is 0 Å². The maximum Gasteiger partial charge on any atom is 0.416 e. The second kappa shape index (κ2) is 6.47. The Morgan fingerprint density at radius 1 is 1.38 bits per heavy atom. The predicted octanol–water partition coefficient (Wildman–Crippen LogP) is 2.92. The third kappa shape index (κ3) is 4.20. The lowest BCUT2D eigenvalue weighted by atomic mass is 10.0. The summed E-state index contributed by atoms with van der Waals surface area (Å²) in [6, 6.07) is 4.79. The molecule has 1 heterocycles. The first-order chi connectivity index (χ1) is 9.88. The molecule has 1 aromatic carbocycles. The Morgan fingerprint density at radius 2 is 2.14 bits per heavy atom. The molecule has 6 heteroatoms. The van der Waals surface area contributed by atoms with Crippen molar-refractivity contribution in [1.82, 2.24) is 10.2 Å². The molecule has 0 aliphatic carbocycles. The summed E-state index contributed by atoms with van der Waals surface area (Å²) < 4.78 is 38.0. The number of rotatable bonds is 3. The van der Waals surface area contributed by atoms with Crippen molar-refractivity contribution in [3.63, 3.8) is 0 Å². The van der Waals surface area contributed by atoms with Crippen LogP contribution in [0, 0.1) is 0 Å². The number of piperidine rings is 1. The van der Waals surface area contributed by atoms with Crippen LogP contribution in [0.25, 0.3) is 0 Å². The van der Waals surface area contributed by atoms with Crippen molar-refractivity contribution in [2.75, 3.05) is 20.1 Å². The number of carbonyl (C=O) groups excluding carboxylic acids is 1. The normalized spacial score (nSPS) is 19.3. The summed E-state index contributed by atoms with van der Waals surface area (Å²) in [6.07, 6.45) is -1.20. The Hall–Kier alpha value is -1.56. The molecule has 0 aromatic heterocycles. The highest BCUT2D eigenvalue weighted by Gasteiger charge is 2.31. The molecule has 1 unspecified atom stereocenters. The Kier molecular flexibility index (Phi) is 4.88. The van der Waals surface area contributed by atoms with Crippen LogP contribution < -0.4 is 5.32 Å². The second-order valence-corrected chi connectivity index (χ2v) is 5.41. The highest BCUT2D eigenvalue weighted by molar-refractivity contribution is 5.94. The first kappa shape index (κ1) is 15.8. The minimum absolute atomic E-state index is 0.0723. The number of nitrogens with zero attached hydrogens (tertiary/aromatic N) is 1. The van der Waals surface area contributed by atoms with Gasteiger partial charge >= 0.3 is 6.18 Å². The number of hydrogen-bond acceptors (Lipinski definition) is 2. The molecular formula is C15H19F3N2O. The Morgan fingerprint density at radius 3 is 2.76 bits per heavy atom. The van der Waals surface area contributed by atoms with Crippen LogP contribution in [0.15, 0.2) is 24.3 Å². The van der Waals surface area contributed by atoms with E-state index in [1.165, 1.54) is 17.0 Å². The molecular weight excluding hydrogens is 281 g/mol. The maximum atomic E-state index is 12.7. The standard InChI is InChI=1S/C15H19F3N2O/c1-20(10-13-7-2-3-8-19-13)14(21)11-5-4-6-12(9-11)15(16,17)18/h4-6,9,13,19H,2-3,7-8,10H2,1H3. The van der Waals surface area contributed by atoms with Crippen LogP contribution in [0.5, 0.6) is 0 Å². The van der Waals surface area contributed by atoms with Gasteiger partial charge in [0.2, 0.25) is 0 Å². The number of nitrogens with one attached hydrogen (secondary N) is 1. The lowest BCUT2D eigenvalue weighted by Crippen LogP contribution is -2.44. The fourth-order valence-electron chi connectivity index (χ4n) is 2.54. The zero-order chi connectivity index (χ0) is 15.5. The second-order valence-electron chi connectivity index (χ2n) is 5.41. The highest BCUT2D eigenvalue weighted by atomic mass is 19.4. The van der Waals surface area contributed by atoms with Gasteiger partial charge in [-0.2, -0.15) is 13.2 Å². The van der Waals surface area contributed by atoms with Crippen molar-refractivity contribution >= 4 is 5.91 Å². The van der Waals surface area contributed by atoms with E-state index >= 15 is 0 Å². The Bertz CT molecular complexity index is 496. The van der Waals surface area contributed by atoms with Crippen LogP contribution in [0.3, 0.4) is 0 Å². The topological polar surface area (TPSA) is 32.3 Å². The molecule has 1 aromatic rings. The monoisotopic (exact) mass is 300 g/mol. The van der Waals surface area contributed by atoms with E-state index in [2.05, 4.69) is 5.32 Å². The average molecular weight is 300 g/mol. The van der Waals surface area contributed by atoms with E-state index in [9.17, 15) is 18.0 Å². The minimum Gasteiger partial charge on any atom is -0.340 e. The van der Waals surface area contributed by atoms with Gasteiger partial charge in [-0.25, -0.2) is 0 Å². The molecule has 1 saturated heterocycles. The number of benzene rings is 1. The van der Waals surface area contributed by atoms with Crippen LogP contribution in [-0.4, -0.2) is 37.0 Å². The summed E-state index contributed by atoms with van der Waals surface area (Å²) in [4.78, 5) is 13.7. The van der Waals surface area contributed by atoms with Crippen molar-refractivity contribution in [2.24, 2.45) is 0 Å². The van der Waals surface area contributed by atoms with Gasteiger partial charge in [0.1, 0.15) is 0 Å². The molecule has 0 bridgehead atoms. The smallest absolute Gasteiger partial charge is 0.340 e. The van der Waals surface area contributed by atoms with Crippen LogP contribution in [0.2, 0.25) is 0 Å². The van der Waals surface area contributed by atoms with Gasteiger partial charge in [-0.3, -0.25) is 4.79 Å². The van der Waals surface area contributed by atoms with Crippen molar-refractivity contribution in [1.29, 1.82) is 0 Å². The van der Waals surface area contributed by atoms with E-state index in [-0.39, 0.29) is 17.5 Å². The summed E-state index contributed by atoms with van der Waals surface area (Å²) in [7, 11) is 1.62. The van der Waals surface area contributed by atoms with Gasteiger partial charge in [-0.15, -0.1) is 0 Å². The highest BCUT2D eigenvalue weighted by Crippen LogP contribution is 2.29. The molecule has 116 valence electrons. The number of likely N-dealkylation sites (N-methyl/N-ethyl adjacent to an activating group) is 1. The molecule has 21 heavy (non-hydrogen) atoms. The maximum absolute atomic E-state index is 12.7. The molecule has 1 aliphatic heterocycles. The summed E-state index contributed by atoms with van der Waals surface area (Å²) in [6.45, 7) is 1.44. The van der Waals surface area contributed by atoms with E-state index < -0.39 is 11.7 Å². The van der Waals surface area contributed by atoms with Gasteiger partial charge in [-0.05, 0) is 37.6 Å². The van der Waals surface area contributed by atoms with E-state index in [0.717, 1.165) is 37.9 Å². The van der Waals surface area contributed by atoms with E-state index in [4.69, 9.17) is 0 Å². The number of alkyl halides is 3. The van der Waals surface area contributed by atoms with Crippen molar-refractivity contribution in [2.45, 2.75) is 31.5 Å². The quantitative estimate of drug-likeness (QED) is 0.931. The number of hydrogen-bond donors (Lipinski definition) is 1. The van der Waals surface area contributed by atoms with Gasteiger partial charge in [0.25, 0.3) is 5.91 Å². The fourth-order valence-corrected chi connectivity index (χ4v) is 2.54. The fraction of sp³-hybridized carbons (Fsp3) is 0.533. The summed E-state index contributed by atoms with van der Waals surface area (Å²) in [5.74, 6) is -0.381. The van der Waals surface area contributed by atoms with E-state index in [1.807, 2.05) is 0 Å². The summed E-state index contributed by atoms with van der Waals surface area (Å²) in [5, 5.41) is 3.32. The zero-order valence-corrected chi connectivity index (χ0v) is 11.9. The molecule has 0 saturated carbocycles. The molecule has 1 N–H and O–H groups in total. The van der Waals surface area contributed by atoms with E-state index in [0.29, 0.717) is 6.54 Å². The number of amides is 1. The minimum atomic E-state index is -4.43. The Labute approximate surface area is 122 Å². The van der Waals surface area contributed by atoms with Crippen molar-refractivity contribution in [3.05, 3.63) is 35.4 Å². The largest absolute Gasteiger partial charge is 0.416 e. The molecule has 2 rings (SSSR count). The first-order valence-electron chi connectivity index (χ1n) is 7.04. The van der Waals surface area contributed by atoms with Crippen LogP contribution in [-0.2, 0) is 6.18 Å². The van der Waals surface area contributed by atoms with Gasteiger partial charge in [-0.1, -0.05) is 12.5 Å². The molecule has 3 nitrogen and oxygen atoms in total. The molecule has 1 atom stereocenters. The van der Waals surface area contributed by atoms with Crippen LogP contribution in [0.4, 0.5) is 13.2 Å². The summed E-state index contributed by atoms with van der Waals surface area (Å²) >= 11 is 0. The zero-order valence-electron chi connectivity index (χ0n) is 11.9. The molecule has 0 spiro atoms. The third-order valence-electron chi connectivity index (χ3n) is 3.69. The summed E-state index contributed by atoms with van der Waals surface area (Å²) in [5.41, 5.74) is -0.722. The first-order valence-corrected chi connectivity index (χ1v) is 7.04. The van der Waals surface area contributed by atoms with Gasteiger partial charge in [0.15, 0.2) is 0 Å². The lowest BCUT2D eigenvalue weighted by Gasteiger charge is -2.28. The molecule has 1 fully saturated rings. The van der Waals surface area contributed by atoms with Gasteiger partial charge in [0, 0.05) is 25.2 Å². The van der Waals surface area contributed by atoms with E-state index in [1.54, 1.807) is 7.05 Å². The van der Waals surface area contributed by atoms with Crippen molar-refractivity contribution < 1.29 is 18.0 Å². The van der Waals surface area contributed by atoms with Crippen molar-refractivity contribution in [3.8, 4) is 0 Å².